The molecule has 0 spiro atoms. The number of allylic oxidation sites excluding steroid dienone is 2. The fourth-order valence-electron chi connectivity index (χ4n) is 3.14. The van der Waals surface area contributed by atoms with Crippen molar-refractivity contribution in [2.24, 2.45) is 5.92 Å². The van der Waals surface area contributed by atoms with E-state index >= 15 is 0 Å². The normalized spacial score (nSPS) is 32.0. The van der Waals surface area contributed by atoms with Gasteiger partial charge in [-0.05, 0) is 38.5 Å². The number of aryl methyl sites for hydroxylation is 1. The number of rotatable bonds is 3. The number of aromatic nitrogens is 2. The highest BCUT2D eigenvalue weighted by atomic mass is 16.5. The summed E-state index contributed by atoms with van der Waals surface area (Å²) in [6.45, 7) is 3.55. The van der Waals surface area contributed by atoms with E-state index in [4.69, 9.17) is 4.52 Å². The van der Waals surface area contributed by atoms with Crippen LogP contribution >= 0.6 is 0 Å². The van der Waals surface area contributed by atoms with E-state index in [1.54, 1.807) is 0 Å². The average molecular weight is 263 g/mol. The van der Waals surface area contributed by atoms with Crippen LogP contribution in [0.3, 0.4) is 0 Å². The van der Waals surface area contributed by atoms with Gasteiger partial charge < -0.3 is 9.63 Å². The van der Waals surface area contributed by atoms with E-state index in [9.17, 15) is 5.11 Å². The van der Waals surface area contributed by atoms with E-state index in [1.165, 1.54) is 12.8 Å². The monoisotopic (exact) mass is 263 g/mol. The number of β-amino-alcohol motifs (C(OH)–C–C–N with tert-alkyl or cyclic N) is 1. The summed E-state index contributed by atoms with van der Waals surface area (Å²) in [6, 6.07) is 0.0853. The van der Waals surface area contributed by atoms with Crippen molar-refractivity contribution in [3.63, 3.8) is 0 Å². The summed E-state index contributed by atoms with van der Waals surface area (Å²) >= 11 is 0. The SMILES string of the molecule is Cc1noc([C@H]2C[C@H](O)CN2C[C@H]2CC=CCC2)n1. The smallest absolute Gasteiger partial charge is 0.244 e. The number of hydrogen-bond donors (Lipinski definition) is 1. The quantitative estimate of drug-likeness (QED) is 0.843. The molecule has 0 amide bonds. The number of hydrogen-bond acceptors (Lipinski definition) is 5. The molecular weight excluding hydrogens is 242 g/mol. The predicted octanol–water partition coefficient (Wildman–Crippen LogP) is 1.84. The van der Waals surface area contributed by atoms with Gasteiger partial charge in [-0.15, -0.1) is 0 Å². The third-order valence-corrected chi connectivity index (χ3v) is 4.08. The van der Waals surface area contributed by atoms with Crippen LogP contribution in [0.1, 0.15) is 43.4 Å². The molecule has 1 aliphatic carbocycles. The van der Waals surface area contributed by atoms with Crippen molar-refractivity contribution in [3.8, 4) is 0 Å². The van der Waals surface area contributed by atoms with Gasteiger partial charge >= 0.3 is 0 Å². The van der Waals surface area contributed by atoms with Gasteiger partial charge in [-0.2, -0.15) is 4.98 Å². The van der Waals surface area contributed by atoms with Crippen molar-refractivity contribution < 1.29 is 9.63 Å². The number of likely N-dealkylation sites (tertiary alicyclic amines) is 1. The van der Waals surface area contributed by atoms with Gasteiger partial charge in [0.1, 0.15) is 0 Å². The Morgan fingerprint density at radius 1 is 1.47 bits per heavy atom. The van der Waals surface area contributed by atoms with Gasteiger partial charge in [-0.25, -0.2) is 0 Å². The zero-order chi connectivity index (χ0) is 13.2. The van der Waals surface area contributed by atoms with Crippen LogP contribution in [0.15, 0.2) is 16.7 Å². The summed E-state index contributed by atoms with van der Waals surface area (Å²) in [5.74, 6) is 2.00. The molecule has 1 aliphatic heterocycles. The minimum atomic E-state index is -0.281. The number of aliphatic hydroxyl groups is 1. The summed E-state index contributed by atoms with van der Waals surface area (Å²) in [7, 11) is 0. The Balaban J connectivity index is 1.69. The van der Waals surface area contributed by atoms with Crippen molar-refractivity contribution in [3.05, 3.63) is 23.9 Å². The topological polar surface area (TPSA) is 62.4 Å². The molecule has 104 valence electrons. The van der Waals surface area contributed by atoms with E-state index in [1.807, 2.05) is 6.92 Å². The van der Waals surface area contributed by atoms with E-state index < -0.39 is 0 Å². The average Bonchev–Trinajstić information content (AvgIpc) is 2.97. The molecule has 2 aliphatic rings. The second-order valence-electron chi connectivity index (χ2n) is 5.69. The molecule has 1 aromatic heterocycles. The first-order valence-electron chi connectivity index (χ1n) is 7.09. The Kier molecular flexibility index (Phi) is 3.66. The van der Waals surface area contributed by atoms with Gasteiger partial charge in [0.2, 0.25) is 5.89 Å². The van der Waals surface area contributed by atoms with Crippen LogP contribution in [0.2, 0.25) is 0 Å². The fourth-order valence-corrected chi connectivity index (χ4v) is 3.14. The predicted molar refractivity (Wildman–Crippen MR) is 70.5 cm³/mol. The van der Waals surface area contributed by atoms with Gasteiger partial charge in [-0.1, -0.05) is 17.3 Å². The van der Waals surface area contributed by atoms with Crippen LogP contribution < -0.4 is 0 Å². The maximum atomic E-state index is 9.92. The lowest BCUT2D eigenvalue weighted by molar-refractivity contribution is 0.156. The van der Waals surface area contributed by atoms with E-state index in [2.05, 4.69) is 27.2 Å². The molecule has 5 heteroatoms. The van der Waals surface area contributed by atoms with Crippen LogP contribution in [0.5, 0.6) is 0 Å². The molecule has 0 unspecified atom stereocenters. The highest BCUT2D eigenvalue weighted by molar-refractivity contribution is 5.00. The molecule has 0 aromatic carbocycles. The largest absolute Gasteiger partial charge is 0.392 e. The third-order valence-electron chi connectivity index (χ3n) is 4.08. The standard InChI is InChI=1S/C14H21N3O2/c1-10-15-14(19-16-10)13-7-12(18)9-17(13)8-11-5-3-2-4-6-11/h2-3,11-13,18H,4-9H2,1H3/t11-,12-,13+/m0/s1. The van der Waals surface area contributed by atoms with Crippen LogP contribution in [0, 0.1) is 12.8 Å². The summed E-state index contributed by atoms with van der Waals surface area (Å²) in [5, 5.41) is 13.8. The summed E-state index contributed by atoms with van der Waals surface area (Å²) in [5.41, 5.74) is 0. The zero-order valence-electron chi connectivity index (χ0n) is 11.3. The minimum Gasteiger partial charge on any atom is -0.392 e. The maximum absolute atomic E-state index is 9.92. The molecule has 2 heterocycles. The van der Waals surface area contributed by atoms with Gasteiger partial charge in [-0.3, -0.25) is 4.90 Å². The van der Waals surface area contributed by atoms with Crippen LogP contribution in [-0.4, -0.2) is 39.3 Å². The van der Waals surface area contributed by atoms with E-state index in [0.29, 0.717) is 30.6 Å². The molecule has 1 fully saturated rings. The second kappa shape index (κ2) is 5.43. The van der Waals surface area contributed by atoms with Gasteiger partial charge in [0, 0.05) is 13.1 Å². The second-order valence-corrected chi connectivity index (χ2v) is 5.69. The first-order valence-corrected chi connectivity index (χ1v) is 7.09. The highest BCUT2D eigenvalue weighted by Crippen LogP contribution is 2.33. The summed E-state index contributed by atoms with van der Waals surface area (Å²) < 4.78 is 5.29. The lowest BCUT2D eigenvalue weighted by Gasteiger charge is -2.27. The Hall–Kier alpha value is -1.20. The maximum Gasteiger partial charge on any atom is 0.244 e. The Labute approximate surface area is 113 Å². The molecule has 19 heavy (non-hydrogen) atoms. The third kappa shape index (κ3) is 2.87. The van der Waals surface area contributed by atoms with Crippen molar-refractivity contribution in [1.82, 2.24) is 15.0 Å². The van der Waals surface area contributed by atoms with E-state index in [0.717, 1.165) is 13.0 Å². The molecule has 0 saturated carbocycles. The number of nitrogens with zero attached hydrogens (tertiary/aromatic N) is 3. The highest BCUT2D eigenvalue weighted by Gasteiger charge is 2.36. The van der Waals surface area contributed by atoms with Crippen molar-refractivity contribution >= 4 is 0 Å². The molecule has 1 N–H and O–H groups in total. The molecule has 3 rings (SSSR count). The van der Waals surface area contributed by atoms with Gasteiger partial charge in [0.15, 0.2) is 5.82 Å². The molecule has 3 atom stereocenters. The lowest BCUT2D eigenvalue weighted by atomic mass is 9.94. The van der Waals surface area contributed by atoms with Crippen LogP contribution in [0.4, 0.5) is 0 Å². The molecule has 0 bridgehead atoms. The molecular formula is C14H21N3O2. The molecule has 0 radical (unpaired) electrons. The zero-order valence-corrected chi connectivity index (χ0v) is 11.3. The first-order chi connectivity index (χ1) is 9.22. The molecule has 1 aromatic rings. The fraction of sp³-hybridized carbons (Fsp3) is 0.714. The van der Waals surface area contributed by atoms with Gasteiger partial charge in [0.25, 0.3) is 0 Å². The Bertz CT molecular complexity index is 457. The lowest BCUT2D eigenvalue weighted by Crippen LogP contribution is -2.31. The van der Waals surface area contributed by atoms with Gasteiger partial charge in [0.05, 0.1) is 12.1 Å². The van der Waals surface area contributed by atoms with Crippen molar-refractivity contribution in [2.45, 2.75) is 44.8 Å². The van der Waals surface area contributed by atoms with Crippen molar-refractivity contribution in [1.29, 1.82) is 0 Å². The summed E-state index contributed by atoms with van der Waals surface area (Å²) in [6.07, 6.45) is 8.49. The van der Waals surface area contributed by atoms with Crippen molar-refractivity contribution in [2.75, 3.05) is 13.1 Å². The molecule has 5 nitrogen and oxygen atoms in total. The molecule has 1 saturated heterocycles. The Morgan fingerprint density at radius 3 is 3.05 bits per heavy atom. The Morgan fingerprint density at radius 2 is 2.37 bits per heavy atom. The summed E-state index contributed by atoms with van der Waals surface area (Å²) in [4.78, 5) is 6.63. The van der Waals surface area contributed by atoms with E-state index in [-0.39, 0.29) is 12.1 Å². The van der Waals surface area contributed by atoms with Crippen LogP contribution in [0.25, 0.3) is 0 Å². The van der Waals surface area contributed by atoms with Crippen LogP contribution in [-0.2, 0) is 0 Å². The minimum absolute atomic E-state index is 0.0853. The number of aliphatic hydroxyl groups excluding tert-OH is 1. The first kappa shape index (κ1) is 12.8.